The molecule has 4 aromatic rings. The van der Waals surface area contributed by atoms with E-state index >= 15 is 0 Å². The molecule has 0 fully saturated rings. The first-order chi connectivity index (χ1) is 17.3. The van der Waals surface area contributed by atoms with Crippen LogP contribution in [0.4, 0.5) is 5.69 Å². The van der Waals surface area contributed by atoms with Crippen LogP contribution < -0.4 is 9.47 Å². The zero-order chi connectivity index (χ0) is 23.9. The average molecular weight is 532 g/mol. The van der Waals surface area contributed by atoms with Crippen LogP contribution in [0.1, 0.15) is 11.1 Å². The number of aliphatic imine (C=N–C) groups is 1. The summed E-state index contributed by atoms with van der Waals surface area (Å²) in [6.45, 7) is 2.99. The van der Waals surface area contributed by atoms with Crippen molar-refractivity contribution in [2.45, 2.75) is 0 Å². The first-order valence-electron chi connectivity index (χ1n) is 11.7. The van der Waals surface area contributed by atoms with Gasteiger partial charge in [-0.25, -0.2) is 4.99 Å². The second kappa shape index (κ2) is 11.5. The van der Waals surface area contributed by atoms with Crippen LogP contribution in [0.15, 0.2) is 94.4 Å². The van der Waals surface area contributed by atoms with Gasteiger partial charge in [0.25, 0.3) is 0 Å². The Morgan fingerprint density at radius 2 is 1.09 bits per heavy atom. The van der Waals surface area contributed by atoms with E-state index in [1.807, 2.05) is 48.5 Å². The summed E-state index contributed by atoms with van der Waals surface area (Å²) in [7, 11) is 0. The largest absolute Gasteiger partial charge is 0.487 e. The lowest BCUT2D eigenvalue weighted by Gasteiger charge is -2.16. The molecule has 0 aliphatic carbocycles. The van der Waals surface area contributed by atoms with Gasteiger partial charge in [0.15, 0.2) is 11.5 Å². The third-order valence-corrected chi connectivity index (χ3v) is 6.27. The van der Waals surface area contributed by atoms with Crippen LogP contribution in [0.5, 0.6) is 11.5 Å². The van der Waals surface area contributed by atoms with Crippen molar-refractivity contribution in [3.05, 3.63) is 101 Å². The molecule has 4 aromatic carbocycles. The molecule has 1 aliphatic rings. The number of halogens is 1. The van der Waals surface area contributed by atoms with Gasteiger partial charge in [0.2, 0.25) is 0 Å². The first-order valence-corrected chi connectivity index (χ1v) is 12.5. The summed E-state index contributed by atoms with van der Waals surface area (Å²) >= 11 is 3.74. The van der Waals surface area contributed by atoms with Gasteiger partial charge in [-0.15, -0.1) is 0 Å². The molecule has 0 saturated heterocycles. The Kier molecular flexibility index (Phi) is 7.73. The third kappa shape index (κ3) is 5.90. The molecule has 5 rings (SSSR count). The maximum atomic E-state index is 6.02. The molecular formula is C29H26BrNO4. The number of nitrogens with zero attached hydrogens (tertiary/aromatic N) is 1. The molecule has 0 N–H and O–H groups in total. The van der Waals surface area contributed by atoms with E-state index in [2.05, 4.69) is 52.3 Å². The van der Waals surface area contributed by atoms with Gasteiger partial charge in [0.1, 0.15) is 13.2 Å². The Labute approximate surface area is 213 Å². The number of fused-ring (bicyclic) bond motifs is 2. The zero-order valence-electron chi connectivity index (χ0n) is 19.3. The first kappa shape index (κ1) is 23.5. The topological polar surface area (TPSA) is 49.3 Å². The standard InChI is InChI=1S/C29H26BrNO4/c30-25-17-23-19-27-28(35-16-14-33-12-11-32-13-15-34-27)20-24(23)18-26(25)31-29(21-7-3-1-4-8-21)22-9-5-2-6-10-22/h1-10,17-20H,11-16H2. The molecule has 0 aromatic heterocycles. The lowest BCUT2D eigenvalue weighted by atomic mass is 10.0. The van der Waals surface area contributed by atoms with Crippen molar-refractivity contribution in [2.75, 3.05) is 39.6 Å². The predicted molar refractivity (Wildman–Crippen MR) is 142 cm³/mol. The highest BCUT2D eigenvalue weighted by Gasteiger charge is 2.13. The molecule has 0 atom stereocenters. The lowest BCUT2D eigenvalue weighted by molar-refractivity contribution is 0.0224. The molecule has 1 aliphatic heterocycles. The van der Waals surface area contributed by atoms with Gasteiger partial charge in [-0.05, 0) is 51.0 Å². The Bertz CT molecular complexity index is 1270. The van der Waals surface area contributed by atoms with Crippen molar-refractivity contribution in [1.82, 2.24) is 0 Å². The summed E-state index contributed by atoms with van der Waals surface area (Å²) in [5.74, 6) is 1.38. The van der Waals surface area contributed by atoms with Crippen molar-refractivity contribution in [3.63, 3.8) is 0 Å². The van der Waals surface area contributed by atoms with Gasteiger partial charge in [0.05, 0.1) is 37.8 Å². The molecule has 5 nitrogen and oxygen atoms in total. The number of hydrogen-bond acceptors (Lipinski definition) is 5. The smallest absolute Gasteiger partial charge is 0.161 e. The van der Waals surface area contributed by atoms with Gasteiger partial charge in [-0.2, -0.15) is 0 Å². The van der Waals surface area contributed by atoms with Crippen LogP contribution in [0.25, 0.3) is 10.8 Å². The lowest BCUT2D eigenvalue weighted by Crippen LogP contribution is -2.15. The normalized spacial score (nSPS) is 14.5. The average Bonchev–Trinajstić information content (AvgIpc) is 2.88. The summed E-state index contributed by atoms with van der Waals surface area (Å²) in [4.78, 5) is 5.11. The Morgan fingerprint density at radius 1 is 0.600 bits per heavy atom. The summed E-state index contributed by atoms with van der Waals surface area (Å²) in [6.07, 6.45) is 0. The highest BCUT2D eigenvalue weighted by molar-refractivity contribution is 9.10. The molecule has 178 valence electrons. The van der Waals surface area contributed by atoms with E-state index in [4.69, 9.17) is 23.9 Å². The molecule has 0 spiro atoms. The van der Waals surface area contributed by atoms with Crippen molar-refractivity contribution in [1.29, 1.82) is 0 Å². The number of rotatable bonds is 3. The summed E-state index contributed by atoms with van der Waals surface area (Å²) in [5, 5.41) is 2.04. The Morgan fingerprint density at radius 3 is 1.63 bits per heavy atom. The number of hydrogen-bond donors (Lipinski definition) is 0. The van der Waals surface area contributed by atoms with Crippen molar-refractivity contribution in [3.8, 4) is 11.5 Å². The van der Waals surface area contributed by atoms with E-state index in [9.17, 15) is 0 Å². The van der Waals surface area contributed by atoms with E-state index in [0.717, 1.165) is 37.8 Å². The van der Waals surface area contributed by atoms with Gasteiger partial charge >= 0.3 is 0 Å². The van der Waals surface area contributed by atoms with Crippen LogP contribution in [0.2, 0.25) is 0 Å². The van der Waals surface area contributed by atoms with Crippen molar-refractivity contribution >= 4 is 38.1 Å². The molecule has 0 unspecified atom stereocenters. The Hall–Kier alpha value is -3.19. The molecule has 0 amide bonds. The zero-order valence-corrected chi connectivity index (χ0v) is 20.9. The molecule has 0 saturated carbocycles. The maximum Gasteiger partial charge on any atom is 0.161 e. The third-order valence-electron chi connectivity index (χ3n) is 5.64. The molecular weight excluding hydrogens is 506 g/mol. The van der Waals surface area contributed by atoms with E-state index in [1.165, 1.54) is 0 Å². The summed E-state index contributed by atoms with van der Waals surface area (Å²) in [6, 6.07) is 28.6. The minimum atomic E-state index is 0.440. The SMILES string of the molecule is Brc1cc2cc3c(cc2cc1N=C(c1ccccc1)c1ccccc1)OCCOCCOCCO3. The molecule has 0 bridgehead atoms. The fourth-order valence-electron chi connectivity index (χ4n) is 3.93. The second-order valence-corrected chi connectivity index (χ2v) is 8.92. The van der Waals surface area contributed by atoms with Gasteiger partial charge in [0, 0.05) is 15.6 Å². The minimum Gasteiger partial charge on any atom is -0.487 e. The monoisotopic (exact) mass is 531 g/mol. The minimum absolute atomic E-state index is 0.440. The van der Waals surface area contributed by atoms with Crippen LogP contribution in [-0.4, -0.2) is 45.4 Å². The van der Waals surface area contributed by atoms with E-state index in [0.29, 0.717) is 51.1 Å². The molecule has 35 heavy (non-hydrogen) atoms. The fraction of sp³-hybridized carbons (Fsp3) is 0.207. The van der Waals surface area contributed by atoms with Crippen molar-refractivity contribution in [2.24, 2.45) is 4.99 Å². The van der Waals surface area contributed by atoms with E-state index in [1.54, 1.807) is 0 Å². The molecule has 1 heterocycles. The maximum absolute atomic E-state index is 6.02. The van der Waals surface area contributed by atoms with E-state index in [-0.39, 0.29) is 0 Å². The summed E-state index contributed by atoms with van der Waals surface area (Å²) < 4.78 is 24.0. The van der Waals surface area contributed by atoms with Crippen LogP contribution in [0.3, 0.4) is 0 Å². The second-order valence-electron chi connectivity index (χ2n) is 8.06. The summed E-state index contributed by atoms with van der Waals surface area (Å²) in [5.41, 5.74) is 3.87. The number of benzene rings is 4. The fourth-order valence-corrected chi connectivity index (χ4v) is 4.38. The van der Waals surface area contributed by atoms with Crippen LogP contribution in [0, 0.1) is 0 Å². The van der Waals surface area contributed by atoms with Crippen molar-refractivity contribution < 1.29 is 18.9 Å². The molecule has 6 heteroatoms. The van der Waals surface area contributed by atoms with Crippen LogP contribution >= 0.6 is 15.9 Å². The van der Waals surface area contributed by atoms with Gasteiger partial charge in [-0.3, -0.25) is 0 Å². The van der Waals surface area contributed by atoms with E-state index < -0.39 is 0 Å². The highest BCUT2D eigenvalue weighted by Crippen LogP contribution is 2.38. The predicted octanol–water partition coefficient (Wildman–Crippen LogP) is 6.58. The molecule has 0 radical (unpaired) electrons. The van der Waals surface area contributed by atoms with Crippen LogP contribution in [-0.2, 0) is 9.47 Å². The quantitative estimate of drug-likeness (QED) is 0.280. The number of ether oxygens (including phenoxy) is 4. The van der Waals surface area contributed by atoms with Gasteiger partial charge < -0.3 is 18.9 Å². The highest BCUT2D eigenvalue weighted by atomic mass is 79.9. The Balaban J connectivity index is 1.56. The van der Waals surface area contributed by atoms with Gasteiger partial charge in [-0.1, -0.05) is 60.7 Å².